The molecule has 0 aliphatic heterocycles. The van der Waals surface area contributed by atoms with E-state index in [1.165, 1.54) is 12.1 Å². The molecular weight excluding hydrogens is 299 g/mol. The lowest BCUT2D eigenvalue weighted by molar-refractivity contribution is -0.144. The average molecular weight is 313 g/mol. The first-order valence-electron chi connectivity index (χ1n) is 6.53. The molecule has 22 heavy (non-hydrogen) atoms. The van der Waals surface area contributed by atoms with Crippen LogP contribution in [0.5, 0.6) is 0 Å². The second-order valence-electron chi connectivity index (χ2n) is 5.11. The zero-order valence-corrected chi connectivity index (χ0v) is 11.8. The molecular formula is C14H14F3N3O2. The summed E-state index contributed by atoms with van der Waals surface area (Å²) in [5.74, 6) is -2.94. The molecule has 1 heterocycles. The largest absolute Gasteiger partial charge is 0.480 e. The smallest absolute Gasteiger partial charge is 0.451 e. The maximum Gasteiger partial charge on any atom is 0.451 e. The molecule has 0 unspecified atom stereocenters. The van der Waals surface area contributed by atoms with Crippen molar-refractivity contribution < 1.29 is 23.1 Å². The fraction of sp³-hybridized carbons (Fsp3) is 0.357. The molecule has 0 aliphatic rings. The molecule has 0 aliphatic carbocycles. The minimum Gasteiger partial charge on any atom is -0.480 e. The molecule has 2 aromatic rings. The second-order valence-corrected chi connectivity index (χ2v) is 5.11. The van der Waals surface area contributed by atoms with Crippen molar-refractivity contribution in [1.29, 1.82) is 0 Å². The van der Waals surface area contributed by atoms with Gasteiger partial charge < -0.3 is 10.4 Å². The van der Waals surface area contributed by atoms with Gasteiger partial charge in [0.05, 0.1) is 5.52 Å². The molecule has 2 rings (SSSR count). The summed E-state index contributed by atoms with van der Waals surface area (Å²) in [6, 6.07) is 5.07. The number of halogens is 3. The highest BCUT2D eigenvalue weighted by Gasteiger charge is 2.36. The zero-order valence-electron chi connectivity index (χ0n) is 11.8. The van der Waals surface area contributed by atoms with Gasteiger partial charge in [-0.3, -0.25) is 0 Å². The van der Waals surface area contributed by atoms with E-state index in [0.29, 0.717) is 5.39 Å². The van der Waals surface area contributed by atoms with E-state index in [0.717, 1.165) is 0 Å². The predicted molar refractivity (Wildman–Crippen MR) is 74.4 cm³/mol. The molecule has 1 aromatic carbocycles. The van der Waals surface area contributed by atoms with Crippen LogP contribution in [0, 0.1) is 5.92 Å². The Morgan fingerprint density at radius 1 is 1.23 bits per heavy atom. The quantitative estimate of drug-likeness (QED) is 0.907. The predicted octanol–water partition coefficient (Wildman–Crippen LogP) is 3.17. The summed E-state index contributed by atoms with van der Waals surface area (Å²) in [7, 11) is 0. The van der Waals surface area contributed by atoms with Gasteiger partial charge in [0.25, 0.3) is 0 Å². The minimum absolute atomic E-state index is 0.0974. The molecule has 0 amide bonds. The lowest BCUT2D eigenvalue weighted by Crippen LogP contribution is -2.35. The van der Waals surface area contributed by atoms with E-state index >= 15 is 0 Å². The van der Waals surface area contributed by atoms with Crippen molar-refractivity contribution >= 4 is 22.7 Å². The summed E-state index contributed by atoms with van der Waals surface area (Å²) < 4.78 is 38.6. The molecule has 5 nitrogen and oxygen atoms in total. The van der Waals surface area contributed by atoms with Crippen LogP contribution in [0.2, 0.25) is 0 Å². The van der Waals surface area contributed by atoms with E-state index in [-0.39, 0.29) is 17.3 Å². The zero-order chi connectivity index (χ0) is 16.5. The maximum absolute atomic E-state index is 12.9. The third kappa shape index (κ3) is 3.26. The first-order valence-corrected chi connectivity index (χ1v) is 6.53. The monoisotopic (exact) mass is 313 g/mol. The van der Waals surface area contributed by atoms with Crippen LogP contribution in [-0.2, 0) is 11.0 Å². The van der Waals surface area contributed by atoms with Gasteiger partial charge in [-0.1, -0.05) is 26.0 Å². The van der Waals surface area contributed by atoms with E-state index in [1.54, 1.807) is 26.0 Å². The Balaban J connectivity index is 2.58. The lowest BCUT2D eigenvalue weighted by atomic mass is 10.0. The summed E-state index contributed by atoms with van der Waals surface area (Å²) in [5, 5.41) is 12.1. The van der Waals surface area contributed by atoms with Crippen molar-refractivity contribution in [3.8, 4) is 0 Å². The van der Waals surface area contributed by atoms with Gasteiger partial charge in [0.2, 0.25) is 5.82 Å². The van der Waals surface area contributed by atoms with Crippen LogP contribution in [-0.4, -0.2) is 27.1 Å². The van der Waals surface area contributed by atoms with Crippen LogP contribution in [0.4, 0.5) is 19.0 Å². The first kappa shape index (κ1) is 16.0. The number of carbonyl (C=O) groups is 1. The number of hydrogen-bond acceptors (Lipinski definition) is 4. The molecule has 1 aromatic heterocycles. The van der Waals surface area contributed by atoms with Crippen molar-refractivity contribution in [1.82, 2.24) is 9.97 Å². The van der Waals surface area contributed by atoms with Crippen LogP contribution < -0.4 is 5.32 Å². The van der Waals surface area contributed by atoms with Crippen molar-refractivity contribution in [2.75, 3.05) is 5.32 Å². The number of para-hydroxylation sites is 1. The Morgan fingerprint density at radius 2 is 1.86 bits per heavy atom. The van der Waals surface area contributed by atoms with Gasteiger partial charge >= 0.3 is 12.1 Å². The minimum atomic E-state index is -4.71. The van der Waals surface area contributed by atoms with Crippen molar-refractivity contribution in [2.45, 2.75) is 26.1 Å². The van der Waals surface area contributed by atoms with E-state index in [1.807, 2.05) is 0 Å². The number of carboxylic acid groups (broad SMARTS) is 1. The highest BCUT2D eigenvalue weighted by molar-refractivity contribution is 5.91. The number of aliphatic carboxylic acids is 1. The summed E-state index contributed by atoms with van der Waals surface area (Å²) in [6.07, 6.45) is -4.71. The van der Waals surface area contributed by atoms with Gasteiger partial charge in [0.15, 0.2) is 0 Å². The summed E-state index contributed by atoms with van der Waals surface area (Å²) in [6.45, 7) is 3.31. The summed E-state index contributed by atoms with van der Waals surface area (Å²) in [5.41, 5.74) is 0.0974. The number of rotatable bonds is 4. The Labute approximate surface area is 124 Å². The molecule has 0 saturated heterocycles. The normalized spacial score (nSPS) is 13.4. The van der Waals surface area contributed by atoms with Gasteiger partial charge in [-0.15, -0.1) is 0 Å². The number of alkyl halides is 3. The molecule has 0 bridgehead atoms. The first-order chi connectivity index (χ1) is 10.2. The van der Waals surface area contributed by atoms with E-state index < -0.39 is 24.0 Å². The van der Waals surface area contributed by atoms with Crippen molar-refractivity contribution in [3.63, 3.8) is 0 Å². The highest BCUT2D eigenvalue weighted by atomic mass is 19.4. The Kier molecular flexibility index (Phi) is 4.20. The SMILES string of the molecule is CC(C)[C@@H](Nc1nc(C(F)(F)F)nc2ccccc12)C(=O)O. The number of carboxylic acids is 1. The van der Waals surface area contributed by atoms with Crippen LogP contribution in [0.1, 0.15) is 19.7 Å². The number of anilines is 1. The van der Waals surface area contributed by atoms with E-state index in [9.17, 15) is 23.1 Å². The van der Waals surface area contributed by atoms with E-state index in [4.69, 9.17) is 0 Å². The molecule has 0 fully saturated rings. The van der Waals surface area contributed by atoms with Gasteiger partial charge in [-0.2, -0.15) is 13.2 Å². The Morgan fingerprint density at radius 3 is 2.41 bits per heavy atom. The number of aromatic nitrogens is 2. The second kappa shape index (κ2) is 5.78. The number of hydrogen-bond donors (Lipinski definition) is 2. The molecule has 0 saturated carbocycles. The van der Waals surface area contributed by atoms with E-state index in [2.05, 4.69) is 15.3 Å². The highest BCUT2D eigenvalue weighted by Crippen LogP contribution is 2.30. The fourth-order valence-electron chi connectivity index (χ4n) is 1.97. The molecule has 1 atom stereocenters. The van der Waals surface area contributed by atoms with Gasteiger partial charge in [0.1, 0.15) is 11.9 Å². The molecule has 2 N–H and O–H groups in total. The third-order valence-corrected chi connectivity index (χ3v) is 3.08. The fourth-order valence-corrected chi connectivity index (χ4v) is 1.97. The van der Waals surface area contributed by atoms with Gasteiger partial charge in [-0.25, -0.2) is 14.8 Å². The third-order valence-electron chi connectivity index (χ3n) is 3.08. The van der Waals surface area contributed by atoms with Crippen LogP contribution >= 0.6 is 0 Å². The number of benzene rings is 1. The van der Waals surface area contributed by atoms with Crippen molar-refractivity contribution in [2.24, 2.45) is 5.92 Å². The maximum atomic E-state index is 12.9. The number of nitrogens with zero attached hydrogens (tertiary/aromatic N) is 2. The molecule has 0 spiro atoms. The Bertz CT molecular complexity index is 701. The van der Waals surface area contributed by atoms with Crippen molar-refractivity contribution in [3.05, 3.63) is 30.1 Å². The van der Waals surface area contributed by atoms with Crippen LogP contribution in [0.25, 0.3) is 10.9 Å². The summed E-state index contributed by atoms with van der Waals surface area (Å²) >= 11 is 0. The molecule has 8 heteroatoms. The number of fused-ring (bicyclic) bond motifs is 1. The van der Waals surface area contributed by atoms with Gasteiger partial charge in [0, 0.05) is 5.39 Å². The molecule has 0 radical (unpaired) electrons. The lowest BCUT2D eigenvalue weighted by Gasteiger charge is -2.20. The number of nitrogens with one attached hydrogen (secondary N) is 1. The van der Waals surface area contributed by atoms with Gasteiger partial charge in [-0.05, 0) is 18.1 Å². The van der Waals surface area contributed by atoms with Crippen LogP contribution in [0.15, 0.2) is 24.3 Å². The summed E-state index contributed by atoms with van der Waals surface area (Å²) in [4.78, 5) is 18.2. The Hall–Kier alpha value is -2.38. The average Bonchev–Trinajstić information content (AvgIpc) is 2.42. The standard InChI is InChI=1S/C14H14F3N3O2/c1-7(2)10(12(21)22)19-11-8-5-3-4-6-9(8)18-13(20-11)14(15,16)17/h3-7,10H,1-2H3,(H,21,22)(H,18,19,20)/t10-/m1/s1. The topological polar surface area (TPSA) is 75.1 Å². The molecule has 118 valence electrons. The van der Waals surface area contributed by atoms with Crippen LogP contribution in [0.3, 0.4) is 0 Å².